The Bertz CT molecular complexity index is 151. The van der Waals surface area contributed by atoms with Crippen molar-refractivity contribution in [2.24, 2.45) is 0 Å². The molecule has 11 heavy (non-hydrogen) atoms. The third-order valence-electron chi connectivity index (χ3n) is 1.91. The van der Waals surface area contributed by atoms with E-state index in [1.54, 1.807) is 11.9 Å². The number of hydrogen-bond donors (Lipinski definition) is 0. The van der Waals surface area contributed by atoms with Gasteiger partial charge in [0.25, 0.3) is 0 Å². The molecule has 64 valence electrons. The zero-order valence-corrected chi connectivity index (χ0v) is 7.30. The molecule has 1 atom stereocenters. The van der Waals surface area contributed by atoms with Crippen molar-refractivity contribution in [2.75, 3.05) is 19.5 Å². The number of carbonyl (C=O) groups excluding carboxylic acids is 1. The van der Waals surface area contributed by atoms with Crippen LogP contribution in [0.15, 0.2) is 0 Å². The molecule has 0 bridgehead atoms. The topological polar surface area (TPSA) is 29.5 Å². The van der Waals surface area contributed by atoms with Gasteiger partial charge in [0, 0.05) is 12.9 Å². The summed E-state index contributed by atoms with van der Waals surface area (Å²) in [6.45, 7) is 0.520. The van der Waals surface area contributed by atoms with Crippen LogP contribution < -0.4 is 0 Å². The quantitative estimate of drug-likeness (QED) is 0.611. The third-order valence-corrected chi connectivity index (χ3v) is 2.17. The molecule has 0 radical (unpaired) electrons. The Morgan fingerprint density at radius 1 is 1.82 bits per heavy atom. The first kappa shape index (κ1) is 8.65. The smallest absolute Gasteiger partial charge is 0.409 e. The lowest BCUT2D eigenvalue weighted by molar-refractivity contribution is 0.163. The van der Waals surface area contributed by atoms with Gasteiger partial charge in [-0.2, -0.15) is 0 Å². The van der Waals surface area contributed by atoms with E-state index in [2.05, 4.69) is 0 Å². The molecule has 4 heteroatoms. The number of cyclic esters (lactones) is 1. The van der Waals surface area contributed by atoms with Crippen LogP contribution in [0.4, 0.5) is 4.79 Å². The molecule has 1 unspecified atom stereocenters. The molecule has 1 aliphatic heterocycles. The molecule has 3 nitrogen and oxygen atoms in total. The first-order valence-electron chi connectivity index (χ1n) is 3.71. The van der Waals surface area contributed by atoms with Crippen molar-refractivity contribution < 1.29 is 9.53 Å². The molecule has 0 saturated carbocycles. The Labute approximate surface area is 71.3 Å². The van der Waals surface area contributed by atoms with Crippen molar-refractivity contribution in [1.29, 1.82) is 0 Å². The molecule has 1 aliphatic rings. The highest BCUT2D eigenvalue weighted by Gasteiger charge is 2.28. The zero-order valence-electron chi connectivity index (χ0n) is 6.55. The van der Waals surface area contributed by atoms with Gasteiger partial charge < -0.3 is 9.64 Å². The number of alkyl halides is 1. The van der Waals surface area contributed by atoms with Crippen molar-refractivity contribution in [3.05, 3.63) is 0 Å². The summed E-state index contributed by atoms with van der Waals surface area (Å²) >= 11 is 5.52. The Kier molecular flexibility index (Phi) is 3.00. The van der Waals surface area contributed by atoms with E-state index < -0.39 is 0 Å². The largest absolute Gasteiger partial charge is 0.447 e. The molecule has 1 amide bonds. The van der Waals surface area contributed by atoms with Crippen molar-refractivity contribution in [3.63, 3.8) is 0 Å². The average Bonchev–Trinajstić information content (AvgIpc) is 2.31. The van der Waals surface area contributed by atoms with Gasteiger partial charge in [-0.05, 0) is 12.8 Å². The van der Waals surface area contributed by atoms with Crippen LogP contribution in [0, 0.1) is 0 Å². The van der Waals surface area contributed by atoms with Crippen LogP contribution in [-0.2, 0) is 4.74 Å². The minimum Gasteiger partial charge on any atom is -0.447 e. The van der Waals surface area contributed by atoms with Crippen LogP contribution in [0.2, 0.25) is 0 Å². The highest BCUT2D eigenvalue weighted by molar-refractivity contribution is 6.17. The van der Waals surface area contributed by atoms with Gasteiger partial charge in [0.1, 0.15) is 6.61 Å². The van der Waals surface area contributed by atoms with Crippen molar-refractivity contribution in [1.82, 2.24) is 4.90 Å². The first-order valence-corrected chi connectivity index (χ1v) is 4.24. The Morgan fingerprint density at radius 3 is 3.00 bits per heavy atom. The van der Waals surface area contributed by atoms with Gasteiger partial charge in [-0.15, -0.1) is 11.6 Å². The van der Waals surface area contributed by atoms with Gasteiger partial charge in [-0.25, -0.2) is 4.79 Å². The number of likely N-dealkylation sites (N-methyl/N-ethyl adjacent to an activating group) is 1. The molecule has 0 aromatic carbocycles. The maximum Gasteiger partial charge on any atom is 0.409 e. The van der Waals surface area contributed by atoms with E-state index in [1.165, 1.54) is 0 Å². The molecular formula is C7H12ClNO2. The Balaban J connectivity index is 2.30. The second-order valence-electron chi connectivity index (χ2n) is 2.67. The molecule has 0 aliphatic carbocycles. The molecular weight excluding hydrogens is 166 g/mol. The molecule has 1 saturated heterocycles. The van der Waals surface area contributed by atoms with Crippen molar-refractivity contribution in [3.8, 4) is 0 Å². The zero-order chi connectivity index (χ0) is 8.27. The van der Waals surface area contributed by atoms with Crippen molar-refractivity contribution >= 4 is 17.7 Å². The van der Waals surface area contributed by atoms with Gasteiger partial charge in [0.15, 0.2) is 0 Å². The van der Waals surface area contributed by atoms with Crippen LogP contribution in [0.5, 0.6) is 0 Å². The summed E-state index contributed by atoms with van der Waals surface area (Å²) in [5.41, 5.74) is 0. The lowest BCUT2D eigenvalue weighted by Crippen LogP contribution is -2.29. The lowest BCUT2D eigenvalue weighted by Gasteiger charge is -2.14. The van der Waals surface area contributed by atoms with E-state index >= 15 is 0 Å². The number of amides is 1. The van der Waals surface area contributed by atoms with Crippen molar-refractivity contribution in [2.45, 2.75) is 18.9 Å². The predicted octanol–water partition coefficient (Wildman–Crippen LogP) is 1.46. The van der Waals surface area contributed by atoms with Gasteiger partial charge in [-0.1, -0.05) is 0 Å². The van der Waals surface area contributed by atoms with Crippen LogP contribution >= 0.6 is 11.6 Å². The number of nitrogens with zero attached hydrogens (tertiary/aromatic N) is 1. The summed E-state index contributed by atoms with van der Waals surface area (Å²) in [5.74, 6) is 0.651. The van der Waals surface area contributed by atoms with E-state index in [-0.39, 0.29) is 12.1 Å². The highest BCUT2D eigenvalue weighted by atomic mass is 35.5. The molecule has 1 fully saturated rings. The summed E-state index contributed by atoms with van der Waals surface area (Å²) in [6, 6.07) is 0.237. The van der Waals surface area contributed by atoms with Crippen LogP contribution in [0.3, 0.4) is 0 Å². The number of hydrogen-bond acceptors (Lipinski definition) is 2. The average molecular weight is 178 g/mol. The van der Waals surface area contributed by atoms with Gasteiger partial charge in [0.2, 0.25) is 0 Å². The van der Waals surface area contributed by atoms with E-state index in [1.807, 2.05) is 0 Å². The van der Waals surface area contributed by atoms with E-state index in [4.69, 9.17) is 16.3 Å². The standard InChI is InChI=1S/C7H12ClNO2/c1-9-6(3-2-4-8)5-11-7(9)10/h6H,2-5H2,1H3. The summed E-state index contributed by atoms with van der Waals surface area (Å²) in [6.07, 6.45) is 1.66. The number of rotatable bonds is 3. The fourth-order valence-electron chi connectivity index (χ4n) is 1.12. The van der Waals surface area contributed by atoms with Gasteiger partial charge in [-0.3, -0.25) is 0 Å². The summed E-state index contributed by atoms with van der Waals surface area (Å²) < 4.78 is 4.82. The first-order chi connectivity index (χ1) is 5.25. The predicted molar refractivity (Wildman–Crippen MR) is 42.9 cm³/mol. The molecule has 0 aromatic heterocycles. The Morgan fingerprint density at radius 2 is 2.55 bits per heavy atom. The number of carbonyl (C=O) groups is 1. The third kappa shape index (κ3) is 1.99. The van der Waals surface area contributed by atoms with Crippen LogP contribution in [0.25, 0.3) is 0 Å². The highest BCUT2D eigenvalue weighted by Crippen LogP contribution is 2.14. The van der Waals surface area contributed by atoms with Gasteiger partial charge >= 0.3 is 6.09 Å². The minimum atomic E-state index is -0.218. The van der Waals surface area contributed by atoms with E-state index in [9.17, 15) is 4.79 Å². The second kappa shape index (κ2) is 3.81. The molecule has 0 spiro atoms. The molecule has 0 N–H and O–H groups in total. The van der Waals surface area contributed by atoms with Gasteiger partial charge in [0.05, 0.1) is 6.04 Å². The summed E-state index contributed by atoms with van der Waals surface area (Å²) in [7, 11) is 1.76. The number of halogens is 1. The van der Waals surface area contributed by atoms with E-state index in [0.717, 1.165) is 12.8 Å². The van der Waals surface area contributed by atoms with Crippen LogP contribution in [-0.4, -0.2) is 36.6 Å². The number of ether oxygens (including phenoxy) is 1. The fourth-order valence-corrected chi connectivity index (χ4v) is 1.27. The lowest BCUT2D eigenvalue weighted by atomic mass is 10.2. The Hall–Kier alpha value is -0.440. The summed E-state index contributed by atoms with van der Waals surface area (Å²) in [5, 5.41) is 0. The molecule has 1 rings (SSSR count). The maximum atomic E-state index is 10.8. The SMILES string of the molecule is CN1C(=O)OCC1CCCCl. The maximum absolute atomic E-state index is 10.8. The van der Waals surface area contributed by atoms with Crippen LogP contribution in [0.1, 0.15) is 12.8 Å². The summed E-state index contributed by atoms with van der Waals surface area (Å²) in [4.78, 5) is 12.4. The second-order valence-corrected chi connectivity index (χ2v) is 3.05. The normalized spacial score (nSPS) is 24.0. The molecule has 1 heterocycles. The monoisotopic (exact) mass is 177 g/mol. The molecule has 0 aromatic rings. The van der Waals surface area contributed by atoms with E-state index in [0.29, 0.717) is 12.5 Å². The fraction of sp³-hybridized carbons (Fsp3) is 0.857. The minimum absolute atomic E-state index is 0.218.